The number of hydrogen-bond acceptors (Lipinski definition) is 5. The molecular weight excluding hydrogens is 448 g/mol. The molecule has 2 heterocycles. The SMILES string of the molecule is C=C(/C=C\C(=C/C)c1nc2nccc(-c3ccc(OC)cc3)c2[nH]1)C(C)=O.CCCC(CC)N(C)C. The van der Waals surface area contributed by atoms with Crippen LogP contribution in [-0.2, 0) is 4.79 Å². The molecule has 0 aliphatic heterocycles. The third-order valence-electron chi connectivity index (χ3n) is 6.12. The van der Waals surface area contributed by atoms with E-state index in [0.717, 1.165) is 34.0 Å². The molecule has 1 unspecified atom stereocenters. The highest BCUT2D eigenvalue weighted by Crippen LogP contribution is 2.29. The number of nitrogens with one attached hydrogen (secondary N) is 1. The van der Waals surface area contributed by atoms with Crippen LogP contribution in [-0.4, -0.2) is 52.9 Å². The number of hydrogen-bond donors (Lipinski definition) is 1. The Labute approximate surface area is 215 Å². The number of benzene rings is 1. The summed E-state index contributed by atoms with van der Waals surface area (Å²) in [7, 11) is 5.96. The van der Waals surface area contributed by atoms with Crippen LogP contribution >= 0.6 is 0 Å². The highest BCUT2D eigenvalue weighted by atomic mass is 16.5. The van der Waals surface area contributed by atoms with Crippen LogP contribution in [0.25, 0.3) is 27.9 Å². The Balaban J connectivity index is 0.000000434. The molecule has 36 heavy (non-hydrogen) atoms. The fourth-order valence-corrected chi connectivity index (χ4v) is 3.84. The maximum atomic E-state index is 11.4. The van der Waals surface area contributed by atoms with Gasteiger partial charge in [0.05, 0.1) is 12.6 Å². The summed E-state index contributed by atoms with van der Waals surface area (Å²) in [5, 5.41) is 0. The number of nitrogens with zero attached hydrogens (tertiary/aromatic N) is 3. The van der Waals surface area contributed by atoms with Crippen molar-refractivity contribution in [3.63, 3.8) is 0 Å². The quantitative estimate of drug-likeness (QED) is 0.249. The molecule has 6 nitrogen and oxygen atoms in total. The smallest absolute Gasteiger partial charge is 0.178 e. The number of carbonyl (C=O) groups is 1. The van der Waals surface area contributed by atoms with Crippen molar-refractivity contribution in [2.75, 3.05) is 21.2 Å². The van der Waals surface area contributed by atoms with E-state index in [1.165, 1.54) is 26.2 Å². The highest BCUT2D eigenvalue weighted by Gasteiger charge is 2.12. The number of ketones is 1. The van der Waals surface area contributed by atoms with Gasteiger partial charge in [-0.1, -0.05) is 57.2 Å². The number of imidazole rings is 1. The summed E-state index contributed by atoms with van der Waals surface area (Å²) < 4.78 is 5.23. The number of carbonyl (C=O) groups excluding carboxylic acids is 1. The van der Waals surface area contributed by atoms with E-state index in [0.29, 0.717) is 17.0 Å². The predicted molar refractivity (Wildman–Crippen MR) is 151 cm³/mol. The zero-order valence-electron chi connectivity index (χ0n) is 22.8. The first-order valence-electron chi connectivity index (χ1n) is 12.5. The highest BCUT2D eigenvalue weighted by molar-refractivity contribution is 5.96. The van der Waals surface area contributed by atoms with Gasteiger partial charge in [0, 0.05) is 28.9 Å². The molecule has 0 saturated heterocycles. The van der Waals surface area contributed by atoms with Crippen LogP contribution in [0.3, 0.4) is 0 Å². The first-order valence-corrected chi connectivity index (χ1v) is 12.5. The number of rotatable bonds is 10. The molecule has 6 heteroatoms. The van der Waals surface area contributed by atoms with Crippen molar-refractivity contribution >= 4 is 22.5 Å². The molecule has 3 rings (SSSR count). The van der Waals surface area contributed by atoms with Gasteiger partial charge in [-0.25, -0.2) is 9.97 Å². The second kappa shape index (κ2) is 14.1. The van der Waals surface area contributed by atoms with Crippen molar-refractivity contribution in [3.05, 3.63) is 72.7 Å². The van der Waals surface area contributed by atoms with Crippen LogP contribution in [0.15, 0.2) is 66.9 Å². The normalized spacial score (nSPS) is 12.5. The van der Waals surface area contributed by atoms with Crippen molar-refractivity contribution in [2.24, 2.45) is 0 Å². The van der Waals surface area contributed by atoms with Crippen LogP contribution in [0.2, 0.25) is 0 Å². The number of ether oxygens (including phenoxy) is 1. The van der Waals surface area contributed by atoms with Gasteiger partial charge in [-0.2, -0.15) is 0 Å². The number of Topliss-reactive ketones (excluding diaryl/α,β-unsaturated/α-hetero) is 1. The Hall–Kier alpha value is -3.51. The van der Waals surface area contributed by atoms with E-state index in [1.54, 1.807) is 19.4 Å². The zero-order chi connectivity index (χ0) is 26.7. The van der Waals surface area contributed by atoms with Gasteiger partial charge in [-0.15, -0.1) is 0 Å². The van der Waals surface area contributed by atoms with Gasteiger partial charge in [0.1, 0.15) is 11.6 Å². The van der Waals surface area contributed by atoms with E-state index < -0.39 is 0 Å². The third-order valence-corrected chi connectivity index (χ3v) is 6.12. The van der Waals surface area contributed by atoms with Crippen molar-refractivity contribution in [1.82, 2.24) is 19.9 Å². The third kappa shape index (κ3) is 7.75. The summed E-state index contributed by atoms with van der Waals surface area (Å²) in [5.74, 6) is 1.43. The minimum absolute atomic E-state index is 0.0604. The number of H-pyrrole nitrogens is 1. The van der Waals surface area contributed by atoms with E-state index in [-0.39, 0.29) is 5.78 Å². The second-order valence-corrected chi connectivity index (χ2v) is 8.84. The van der Waals surface area contributed by atoms with Crippen molar-refractivity contribution < 1.29 is 9.53 Å². The van der Waals surface area contributed by atoms with Crippen LogP contribution in [0.4, 0.5) is 0 Å². The fourth-order valence-electron chi connectivity index (χ4n) is 3.84. The van der Waals surface area contributed by atoms with Crippen molar-refractivity contribution in [1.29, 1.82) is 0 Å². The van der Waals surface area contributed by atoms with Gasteiger partial charge in [0.2, 0.25) is 0 Å². The zero-order valence-corrected chi connectivity index (χ0v) is 22.8. The van der Waals surface area contributed by atoms with E-state index in [9.17, 15) is 4.79 Å². The van der Waals surface area contributed by atoms with E-state index >= 15 is 0 Å². The lowest BCUT2D eigenvalue weighted by Crippen LogP contribution is -2.26. The molecule has 0 bridgehead atoms. The maximum absolute atomic E-state index is 11.4. The van der Waals surface area contributed by atoms with Gasteiger partial charge >= 0.3 is 0 Å². The van der Waals surface area contributed by atoms with Crippen LogP contribution in [0.1, 0.15) is 52.8 Å². The molecule has 0 amide bonds. The lowest BCUT2D eigenvalue weighted by Gasteiger charge is -2.21. The molecule has 1 N–H and O–H groups in total. The topological polar surface area (TPSA) is 71.1 Å². The molecule has 1 aromatic carbocycles. The minimum atomic E-state index is -0.0604. The number of aromatic nitrogens is 3. The Morgan fingerprint density at radius 1 is 1.17 bits per heavy atom. The van der Waals surface area contributed by atoms with E-state index in [4.69, 9.17) is 4.74 Å². The molecule has 0 fully saturated rings. The number of pyridine rings is 1. The summed E-state index contributed by atoms with van der Waals surface area (Å²) in [5.41, 5.74) is 4.85. The van der Waals surface area contributed by atoms with Crippen LogP contribution in [0, 0.1) is 0 Å². The molecular formula is C30H40N4O2. The summed E-state index contributed by atoms with van der Waals surface area (Å²) in [6.07, 6.45) is 11.1. The Morgan fingerprint density at radius 3 is 2.36 bits per heavy atom. The molecule has 0 saturated carbocycles. The van der Waals surface area contributed by atoms with Gasteiger partial charge in [0.25, 0.3) is 0 Å². The largest absolute Gasteiger partial charge is 0.497 e. The van der Waals surface area contributed by atoms with Gasteiger partial charge in [0.15, 0.2) is 11.4 Å². The lowest BCUT2D eigenvalue weighted by atomic mass is 10.1. The first kappa shape index (κ1) is 28.7. The Bertz CT molecular complexity index is 1200. The van der Waals surface area contributed by atoms with Crippen molar-refractivity contribution in [2.45, 2.75) is 53.0 Å². The van der Waals surface area contributed by atoms with Gasteiger partial charge < -0.3 is 14.6 Å². The first-order chi connectivity index (χ1) is 17.2. The fraction of sp³-hybridized carbons (Fsp3) is 0.367. The Kier molecular flexibility index (Phi) is 11.3. The van der Waals surface area contributed by atoms with Gasteiger partial charge in [-0.3, -0.25) is 4.79 Å². The molecule has 0 aliphatic rings. The number of aromatic amines is 1. The molecule has 0 radical (unpaired) electrons. The van der Waals surface area contributed by atoms with Gasteiger partial charge in [-0.05, 0) is 64.5 Å². The number of allylic oxidation sites excluding steroid dienone is 5. The number of fused-ring (bicyclic) bond motifs is 1. The van der Waals surface area contributed by atoms with E-state index in [2.05, 4.69) is 54.4 Å². The van der Waals surface area contributed by atoms with Crippen molar-refractivity contribution in [3.8, 4) is 16.9 Å². The summed E-state index contributed by atoms with van der Waals surface area (Å²) in [4.78, 5) is 26.0. The average Bonchev–Trinajstić information content (AvgIpc) is 3.32. The molecule has 0 aliphatic carbocycles. The minimum Gasteiger partial charge on any atom is -0.497 e. The monoisotopic (exact) mass is 488 g/mol. The summed E-state index contributed by atoms with van der Waals surface area (Å²) in [6, 6.07) is 10.6. The molecule has 2 aromatic heterocycles. The average molecular weight is 489 g/mol. The Morgan fingerprint density at radius 2 is 1.86 bits per heavy atom. The molecule has 0 spiro atoms. The summed E-state index contributed by atoms with van der Waals surface area (Å²) in [6.45, 7) is 11.7. The summed E-state index contributed by atoms with van der Waals surface area (Å²) >= 11 is 0. The van der Waals surface area contributed by atoms with Crippen LogP contribution in [0.5, 0.6) is 5.75 Å². The van der Waals surface area contributed by atoms with E-state index in [1.807, 2.05) is 49.4 Å². The maximum Gasteiger partial charge on any atom is 0.178 e. The predicted octanol–water partition coefficient (Wildman–Crippen LogP) is 6.86. The molecule has 3 aromatic rings. The molecule has 192 valence electrons. The lowest BCUT2D eigenvalue weighted by molar-refractivity contribution is -0.113. The molecule has 1 atom stereocenters. The standard InChI is InChI=1S/C22H21N3O2.C8H19N/c1-5-16(7-6-14(2)15(3)26)21-24-20-19(12-13-23-22(20)25-21)17-8-10-18(27-4)11-9-17;1-5-7-8(6-2)9(3)4/h5-13H,2H2,1,3-4H3,(H,23,24,25);8H,5-7H2,1-4H3/b7-6-,16-5+;. The van der Waals surface area contributed by atoms with Crippen LogP contribution < -0.4 is 4.74 Å². The second-order valence-electron chi connectivity index (χ2n) is 8.84. The number of methoxy groups -OCH3 is 1.